The first kappa shape index (κ1) is 18.6. The quantitative estimate of drug-likeness (QED) is 0.918. The van der Waals surface area contributed by atoms with Gasteiger partial charge in [-0.2, -0.15) is 5.10 Å². The van der Waals surface area contributed by atoms with Gasteiger partial charge in [0.05, 0.1) is 17.4 Å². The molecule has 132 valence electrons. The zero-order valence-electron chi connectivity index (χ0n) is 14.9. The van der Waals surface area contributed by atoms with Crippen LogP contribution in [0.25, 0.3) is 0 Å². The van der Waals surface area contributed by atoms with Crippen LogP contribution in [0.2, 0.25) is 0 Å². The van der Waals surface area contributed by atoms with Gasteiger partial charge in [-0.15, -0.1) is 0 Å². The lowest BCUT2D eigenvalue weighted by atomic mass is 9.83. The first-order valence-corrected chi connectivity index (χ1v) is 9.20. The van der Waals surface area contributed by atoms with Crippen molar-refractivity contribution in [3.05, 3.63) is 47.0 Å². The van der Waals surface area contributed by atoms with Gasteiger partial charge >= 0.3 is 0 Å². The number of nitrogens with one attached hydrogen (secondary N) is 1. The van der Waals surface area contributed by atoms with Crippen molar-refractivity contribution in [3.63, 3.8) is 0 Å². The molecule has 0 unspecified atom stereocenters. The minimum Gasteiger partial charge on any atom is -0.271 e. The summed E-state index contributed by atoms with van der Waals surface area (Å²) in [5, 5.41) is 4.17. The third kappa shape index (κ3) is 3.67. The van der Waals surface area contributed by atoms with E-state index in [9.17, 15) is 12.8 Å². The van der Waals surface area contributed by atoms with E-state index in [-0.39, 0.29) is 4.90 Å². The molecule has 2 aromatic rings. The highest BCUT2D eigenvalue weighted by molar-refractivity contribution is 7.89. The van der Waals surface area contributed by atoms with Crippen LogP contribution in [0.4, 0.5) is 4.39 Å². The van der Waals surface area contributed by atoms with E-state index in [2.05, 4.69) is 9.82 Å². The standard InChI is InChI=1S/C17H24FN3O2S/c1-11-15(12(2)21(6)19-11)24(22,23)20-16(17(3,4)5)13-8-7-9-14(18)10-13/h7-10,16,20H,1-6H3/t16-/m0/s1. The zero-order chi connectivity index (χ0) is 18.3. The highest BCUT2D eigenvalue weighted by Crippen LogP contribution is 2.35. The fourth-order valence-electron chi connectivity index (χ4n) is 2.79. The molecule has 1 aromatic heterocycles. The normalized spacial score (nSPS) is 14.0. The van der Waals surface area contributed by atoms with E-state index >= 15 is 0 Å². The summed E-state index contributed by atoms with van der Waals surface area (Å²) < 4.78 is 43.8. The Balaban J connectivity index is 2.50. The molecule has 1 atom stereocenters. The minimum atomic E-state index is -3.80. The van der Waals surface area contributed by atoms with Crippen molar-refractivity contribution < 1.29 is 12.8 Å². The van der Waals surface area contributed by atoms with E-state index in [1.54, 1.807) is 33.0 Å². The van der Waals surface area contributed by atoms with Crippen LogP contribution in [0.5, 0.6) is 0 Å². The summed E-state index contributed by atoms with van der Waals surface area (Å²) in [6.45, 7) is 9.11. The summed E-state index contributed by atoms with van der Waals surface area (Å²) in [7, 11) is -2.10. The van der Waals surface area contributed by atoms with Gasteiger partial charge in [-0.05, 0) is 37.0 Å². The van der Waals surface area contributed by atoms with E-state index in [0.29, 0.717) is 17.0 Å². The molecule has 5 nitrogen and oxygen atoms in total. The Bertz CT molecular complexity index is 851. The van der Waals surface area contributed by atoms with Crippen LogP contribution in [-0.4, -0.2) is 18.2 Å². The van der Waals surface area contributed by atoms with Crippen molar-refractivity contribution >= 4 is 10.0 Å². The van der Waals surface area contributed by atoms with Gasteiger partial charge in [-0.3, -0.25) is 4.68 Å². The first-order chi connectivity index (χ1) is 10.9. The lowest BCUT2D eigenvalue weighted by molar-refractivity contribution is 0.303. The van der Waals surface area contributed by atoms with Crippen molar-refractivity contribution in [2.45, 2.75) is 45.6 Å². The molecule has 0 saturated carbocycles. The van der Waals surface area contributed by atoms with E-state index in [1.165, 1.54) is 16.8 Å². The van der Waals surface area contributed by atoms with Gasteiger partial charge in [-0.25, -0.2) is 17.5 Å². The molecule has 0 aliphatic heterocycles. The Morgan fingerprint density at radius 1 is 1.25 bits per heavy atom. The first-order valence-electron chi connectivity index (χ1n) is 7.71. The van der Waals surface area contributed by atoms with Crippen LogP contribution >= 0.6 is 0 Å². The fourth-order valence-corrected chi connectivity index (χ4v) is 4.66. The second kappa shape index (κ2) is 6.29. The number of aromatic nitrogens is 2. The predicted octanol–water partition coefficient (Wildman–Crippen LogP) is 3.24. The van der Waals surface area contributed by atoms with Gasteiger partial charge < -0.3 is 0 Å². The smallest absolute Gasteiger partial charge is 0.244 e. The molecule has 0 radical (unpaired) electrons. The Hall–Kier alpha value is -1.73. The zero-order valence-corrected chi connectivity index (χ0v) is 15.7. The number of nitrogens with zero attached hydrogens (tertiary/aromatic N) is 2. The third-order valence-corrected chi connectivity index (χ3v) is 5.71. The fraction of sp³-hybridized carbons (Fsp3) is 0.471. The molecule has 0 spiro atoms. The predicted molar refractivity (Wildman–Crippen MR) is 91.6 cm³/mol. The molecule has 1 heterocycles. The maximum atomic E-state index is 13.6. The number of benzene rings is 1. The molecular weight excluding hydrogens is 329 g/mol. The third-order valence-electron chi connectivity index (χ3n) is 4.03. The summed E-state index contributed by atoms with van der Waals surface area (Å²) in [6.07, 6.45) is 0. The van der Waals surface area contributed by atoms with Crippen molar-refractivity contribution in [3.8, 4) is 0 Å². The second-order valence-electron chi connectivity index (χ2n) is 7.10. The number of rotatable bonds is 4. The highest BCUT2D eigenvalue weighted by atomic mass is 32.2. The molecule has 7 heteroatoms. The van der Waals surface area contributed by atoms with Crippen molar-refractivity contribution in [1.29, 1.82) is 0 Å². The van der Waals surface area contributed by atoms with Gasteiger partial charge in [-0.1, -0.05) is 32.9 Å². The Labute approximate surface area is 142 Å². The summed E-state index contributed by atoms with van der Waals surface area (Å²) in [6, 6.07) is 5.44. The molecule has 24 heavy (non-hydrogen) atoms. The lowest BCUT2D eigenvalue weighted by Crippen LogP contribution is -2.37. The lowest BCUT2D eigenvalue weighted by Gasteiger charge is -2.31. The average Bonchev–Trinajstić information content (AvgIpc) is 2.69. The van der Waals surface area contributed by atoms with Crippen LogP contribution in [-0.2, 0) is 17.1 Å². The largest absolute Gasteiger partial charge is 0.271 e. The van der Waals surface area contributed by atoms with Gasteiger partial charge in [0.1, 0.15) is 10.7 Å². The summed E-state index contributed by atoms with van der Waals surface area (Å²) in [5.41, 5.74) is 1.15. The number of halogens is 1. The molecule has 1 N–H and O–H groups in total. The van der Waals surface area contributed by atoms with Crippen LogP contribution in [0, 0.1) is 25.1 Å². The molecule has 0 fully saturated rings. The van der Waals surface area contributed by atoms with Crippen molar-refractivity contribution in [2.24, 2.45) is 12.5 Å². The Kier molecular flexibility index (Phi) is 4.88. The number of hydrogen-bond donors (Lipinski definition) is 1. The summed E-state index contributed by atoms with van der Waals surface area (Å²) in [4.78, 5) is 0.177. The van der Waals surface area contributed by atoms with Crippen LogP contribution < -0.4 is 4.72 Å². The van der Waals surface area contributed by atoms with E-state index in [1.807, 2.05) is 20.8 Å². The Morgan fingerprint density at radius 3 is 2.33 bits per heavy atom. The molecular formula is C17H24FN3O2S. The second-order valence-corrected chi connectivity index (χ2v) is 8.75. The molecule has 0 bridgehead atoms. The topological polar surface area (TPSA) is 64.0 Å². The van der Waals surface area contributed by atoms with Crippen molar-refractivity contribution in [2.75, 3.05) is 0 Å². The Morgan fingerprint density at radius 2 is 1.88 bits per heavy atom. The maximum Gasteiger partial charge on any atom is 0.244 e. The average molecular weight is 353 g/mol. The van der Waals surface area contributed by atoms with Crippen LogP contribution in [0.15, 0.2) is 29.2 Å². The van der Waals surface area contributed by atoms with Gasteiger partial charge in [0.2, 0.25) is 10.0 Å². The highest BCUT2D eigenvalue weighted by Gasteiger charge is 2.33. The van der Waals surface area contributed by atoms with E-state index in [0.717, 1.165) is 0 Å². The number of hydrogen-bond acceptors (Lipinski definition) is 3. The SMILES string of the molecule is Cc1nn(C)c(C)c1S(=O)(=O)N[C@@H](c1cccc(F)c1)C(C)(C)C. The molecule has 0 aliphatic rings. The molecule has 1 aromatic carbocycles. The van der Waals surface area contributed by atoms with Crippen molar-refractivity contribution in [1.82, 2.24) is 14.5 Å². The van der Waals surface area contributed by atoms with Gasteiger partial charge in [0.25, 0.3) is 0 Å². The molecule has 2 rings (SSSR count). The monoisotopic (exact) mass is 353 g/mol. The van der Waals surface area contributed by atoms with Crippen LogP contribution in [0.1, 0.15) is 43.8 Å². The van der Waals surface area contributed by atoms with Gasteiger partial charge in [0, 0.05) is 7.05 Å². The van der Waals surface area contributed by atoms with E-state index in [4.69, 9.17) is 0 Å². The summed E-state index contributed by atoms with van der Waals surface area (Å²) >= 11 is 0. The molecule has 0 amide bonds. The maximum absolute atomic E-state index is 13.6. The summed E-state index contributed by atoms with van der Waals surface area (Å²) in [5.74, 6) is -0.394. The molecule has 0 saturated heterocycles. The van der Waals surface area contributed by atoms with Crippen LogP contribution in [0.3, 0.4) is 0 Å². The number of sulfonamides is 1. The van der Waals surface area contributed by atoms with E-state index < -0.39 is 27.3 Å². The number of aryl methyl sites for hydroxylation is 2. The minimum absolute atomic E-state index is 0.177. The molecule has 0 aliphatic carbocycles. The van der Waals surface area contributed by atoms with Gasteiger partial charge in [0.15, 0.2) is 0 Å².